The molecule has 0 spiro atoms. The highest BCUT2D eigenvalue weighted by atomic mass is 79.9. The number of carbonyl (C=O) groups is 2. The lowest BCUT2D eigenvalue weighted by molar-refractivity contribution is -0.123. The molecule has 0 radical (unpaired) electrons. The lowest BCUT2D eigenvalue weighted by Gasteiger charge is -2.20. The van der Waals surface area contributed by atoms with E-state index in [9.17, 15) is 19.1 Å². The number of hydrogen-bond donors (Lipinski definition) is 3. The summed E-state index contributed by atoms with van der Waals surface area (Å²) in [7, 11) is 0. The van der Waals surface area contributed by atoms with Crippen LogP contribution in [-0.2, 0) is 4.79 Å². The minimum atomic E-state index is -0.842. The van der Waals surface area contributed by atoms with Crippen LogP contribution in [0.25, 0.3) is 0 Å². The summed E-state index contributed by atoms with van der Waals surface area (Å²) in [5.41, 5.74) is 3.23. The Hall–Kier alpha value is -2.94. The molecule has 2 aromatic rings. The Morgan fingerprint density at radius 2 is 1.93 bits per heavy atom. The number of amides is 2. The average Bonchev–Trinajstić information content (AvgIpc) is 2.70. The van der Waals surface area contributed by atoms with E-state index in [2.05, 4.69) is 31.8 Å². The summed E-state index contributed by atoms with van der Waals surface area (Å²) in [5, 5.41) is 16.5. The predicted molar refractivity (Wildman–Crippen MR) is 115 cm³/mol. The van der Waals surface area contributed by atoms with E-state index < -0.39 is 23.7 Å². The van der Waals surface area contributed by atoms with E-state index in [1.165, 1.54) is 30.5 Å². The Balaban J connectivity index is 2.06. The fourth-order valence-corrected chi connectivity index (χ4v) is 2.99. The van der Waals surface area contributed by atoms with Crippen LogP contribution in [0, 0.1) is 11.7 Å². The van der Waals surface area contributed by atoms with E-state index in [1.54, 1.807) is 32.9 Å². The highest BCUT2D eigenvalue weighted by Crippen LogP contribution is 2.35. The van der Waals surface area contributed by atoms with Gasteiger partial charge in [-0.3, -0.25) is 9.59 Å². The molecule has 0 saturated carbocycles. The van der Waals surface area contributed by atoms with Gasteiger partial charge in [-0.05, 0) is 70.7 Å². The first-order valence-corrected chi connectivity index (χ1v) is 10.1. The Morgan fingerprint density at radius 3 is 2.53 bits per heavy atom. The van der Waals surface area contributed by atoms with Crippen molar-refractivity contribution in [1.29, 1.82) is 0 Å². The van der Waals surface area contributed by atoms with Crippen LogP contribution >= 0.6 is 15.9 Å². The van der Waals surface area contributed by atoms with E-state index in [0.29, 0.717) is 16.6 Å². The molecule has 9 heteroatoms. The van der Waals surface area contributed by atoms with E-state index in [4.69, 9.17) is 4.74 Å². The standard InChI is InChI=1S/C21H23BrFN3O4/c1-4-30-17-10-13(9-16(22)19(17)27)11-24-26-21(29)18(12(2)3)25-20(28)14-5-7-15(23)8-6-14/h5-12,18,27H,4H2,1-3H3,(H,25,28)(H,26,29)/b24-11+. The number of phenolic OH excluding ortho intramolecular Hbond substituents is 1. The molecule has 3 N–H and O–H groups in total. The molecule has 7 nitrogen and oxygen atoms in total. The largest absolute Gasteiger partial charge is 0.503 e. The van der Waals surface area contributed by atoms with Gasteiger partial charge in [-0.1, -0.05) is 13.8 Å². The van der Waals surface area contributed by atoms with Crippen molar-refractivity contribution in [2.24, 2.45) is 11.0 Å². The van der Waals surface area contributed by atoms with Crippen molar-refractivity contribution in [1.82, 2.24) is 10.7 Å². The number of benzene rings is 2. The van der Waals surface area contributed by atoms with E-state index in [0.717, 1.165) is 0 Å². The molecule has 0 saturated heterocycles. The first-order valence-electron chi connectivity index (χ1n) is 9.27. The quantitative estimate of drug-likeness (QED) is 0.397. The summed E-state index contributed by atoms with van der Waals surface area (Å²) in [6.07, 6.45) is 1.39. The summed E-state index contributed by atoms with van der Waals surface area (Å²) < 4.78 is 18.8. The molecule has 0 aliphatic rings. The third-order valence-corrected chi connectivity index (χ3v) is 4.69. The van der Waals surface area contributed by atoms with Gasteiger partial charge in [-0.2, -0.15) is 5.10 Å². The topological polar surface area (TPSA) is 100 Å². The van der Waals surface area contributed by atoms with Crippen LogP contribution in [0.5, 0.6) is 11.5 Å². The molecular weight excluding hydrogens is 457 g/mol. The Kier molecular flexibility index (Phi) is 8.35. The van der Waals surface area contributed by atoms with E-state index in [-0.39, 0.29) is 23.0 Å². The number of hydrogen-bond acceptors (Lipinski definition) is 5. The van der Waals surface area contributed by atoms with E-state index >= 15 is 0 Å². The highest BCUT2D eigenvalue weighted by molar-refractivity contribution is 9.10. The zero-order valence-corrected chi connectivity index (χ0v) is 18.4. The fourth-order valence-electron chi connectivity index (χ4n) is 2.53. The maximum atomic E-state index is 13.0. The third kappa shape index (κ3) is 6.28. The van der Waals surface area contributed by atoms with Gasteiger partial charge < -0.3 is 15.2 Å². The van der Waals surface area contributed by atoms with Gasteiger partial charge in [0.1, 0.15) is 11.9 Å². The van der Waals surface area contributed by atoms with Crippen LogP contribution in [0.1, 0.15) is 36.7 Å². The third-order valence-electron chi connectivity index (χ3n) is 4.08. The molecule has 0 fully saturated rings. The number of phenols is 1. The molecule has 30 heavy (non-hydrogen) atoms. The number of hydrazone groups is 1. The normalized spacial score (nSPS) is 12.1. The van der Waals surface area contributed by atoms with Crippen molar-refractivity contribution in [3.8, 4) is 11.5 Å². The van der Waals surface area contributed by atoms with Crippen LogP contribution in [0.3, 0.4) is 0 Å². The number of halogens is 2. The van der Waals surface area contributed by atoms with Crippen molar-refractivity contribution in [3.05, 3.63) is 57.8 Å². The second-order valence-electron chi connectivity index (χ2n) is 6.72. The summed E-state index contributed by atoms with van der Waals surface area (Å²) >= 11 is 3.23. The van der Waals surface area contributed by atoms with Gasteiger partial charge in [0.15, 0.2) is 11.5 Å². The smallest absolute Gasteiger partial charge is 0.262 e. The first kappa shape index (κ1) is 23.3. The molecule has 0 bridgehead atoms. The minimum Gasteiger partial charge on any atom is -0.503 e. The van der Waals surface area contributed by atoms with Crippen molar-refractivity contribution in [3.63, 3.8) is 0 Å². The number of nitrogens with one attached hydrogen (secondary N) is 2. The van der Waals surface area contributed by atoms with Crippen molar-refractivity contribution >= 4 is 34.0 Å². The number of nitrogens with zero attached hydrogens (tertiary/aromatic N) is 1. The van der Waals surface area contributed by atoms with Gasteiger partial charge in [-0.25, -0.2) is 9.82 Å². The van der Waals surface area contributed by atoms with Gasteiger partial charge in [0.2, 0.25) is 0 Å². The molecular formula is C21H23BrFN3O4. The zero-order chi connectivity index (χ0) is 22.3. The summed E-state index contributed by atoms with van der Waals surface area (Å²) in [4.78, 5) is 24.9. The number of aromatic hydroxyl groups is 1. The molecule has 0 heterocycles. The molecule has 0 aliphatic heterocycles. The van der Waals surface area contributed by atoms with Crippen molar-refractivity contribution in [2.45, 2.75) is 26.8 Å². The van der Waals surface area contributed by atoms with E-state index in [1.807, 2.05) is 0 Å². The molecule has 2 amide bonds. The highest BCUT2D eigenvalue weighted by Gasteiger charge is 2.24. The molecule has 2 rings (SSSR count). The Bertz CT molecular complexity index is 933. The number of ether oxygens (including phenoxy) is 1. The number of rotatable bonds is 8. The second-order valence-corrected chi connectivity index (χ2v) is 7.57. The van der Waals surface area contributed by atoms with Gasteiger partial charge in [-0.15, -0.1) is 0 Å². The zero-order valence-electron chi connectivity index (χ0n) is 16.8. The van der Waals surface area contributed by atoms with Crippen LogP contribution in [0.2, 0.25) is 0 Å². The number of carbonyl (C=O) groups excluding carboxylic acids is 2. The monoisotopic (exact) mass is 479 g/mol. The molecule has 0 aliphatic carbocycles. The summed E-state index contributed by atoms with van der Waals surface area (Å²) in [5.74, 6) is -1.40. The average molecular weight is 480 g/mol. The Morgan fingerprint density at radius 1 is 1.27 bits per heavy atom. The second kappa shape index (κ2) is 10.7. The van der Waals surface area contributed by atoms with Crippen LogP contribution in [0.15, 0.2) is 46.0 Å². The molecule has 160 valence electrons. The summed E-state index contributed by atoms with van der Waals surface area (Å²) in [6, 6.07) is 7.39. The minimum absolute atomic E-state index is 0.0265. The lowest BCUT2D eigenvalue weighted by atomic mass is 10.0. The summed E-state index contributed by atoms with van der Waals surface area (Å²) in [6.45, 7) is 5.73. The van der Waals surface area contributed by atoms with Crippen LogP contribution in [0.4, 0.5) is 4.39 Å². The maximum Gasteiger partial charge on any atom is 0.262 e. The molecule has 1 unspecified atom stereocenters. The predicted octanol–water partition coefficient (Wildman–Crippen LogP) is 3.60. The maximum absolute atomic E-state index is 13.0. The van der Waals surface area contributed by atoms with Crippen molar-refractivity contribution < 1.29 is 23.8 Å². The van der Waals surface area contributed by atoms with Crippen molar-refractivity contribution in [2.75, 3.05) is 6.61 Å². The Labute approximate surface area is 182 Å². The van der Waals surface area contributed by atoms with Crippen LogP contribution in [-0.4, -0.2) is 35.8 Å². The van der Waals surface area contributed by atoms with Gasteiger partial charge in [0, 0.05) is 5.56 Å². The molecule has 1 atom stereocenters. The molecule has 2 aromatic carbocycles. The lowest BCUT2D eigenvalue weighted by Crippen LogP contribution is -2.48. The first-order chi connectivity index (χ1) is 14.2. The van der Waals surface area contributed by atoms with Gasteiger partial charge in [0.25, 0.3) is 11.8 Å². The van der Waals surface area contributed by atoms with Gasteiger partial charge in [0.05, 0.1) is 17.3 Å². The van der Waals surface area contributed by atoms with Crippen LogP contribution < -0.4 is 15.5 Å². The molecule has 0 aromatic heterocycles. The fraction of sp³-hybridized carbons (Fsp3) is 0.286. The SMILES string of the molecule is CCOc1cc(/C=N/NC(=O)C(NC(=O)c2ccc(F)cc2)C(C)C)cc(Br)c1O. The van der Waals surface area contributed by atoms with Gasteiger partial charge >= 0.3 is 0 Å².